The Morgan fingerprint density at radius 1 is 1.67 bits per heavy atom. The summed E-state index contributed by atoms with van der Waals surface area (Å²) in [7, 11) is 0. The number of aromatic nitrogens is 1. The average molecular weight is 271 g/mol. The zero-order valence-corrected chi connectivity index (χ0v) is 10.5. The highest BCUT2D eigenvalue weighted by Crippen LogP contribution is 2.12. The first-order valence-electron chi connectivity index (χ1n) is 4.99. The molecule has 0 aliphatic heterocycles. The highest BCUT2D eigenvalue weighted by molar-refractivity contribution is 9.10. The molecule has 0 aliphatic rings. The molecule has 0 radical (unpaired) electrons. The van der Waals surface area contributed by atoms with Gasteiger partial charge in [-0.05, 0) is 25.0 Å². The van der Waals surface area contributed by atoms with Crippen LogP contribution in [0.5, 0.6) is 0 Å². The van der Waals surface area contributed by atoms with Crippen LogP contribution >= 0.6 is 15.9 Å². The monoisotopic (exact) mass is 270 g/mol. The first kappa shape index (κ1) is 12.2. The molecule has 0 fully saturated rings. The van der Waals surface area contributed by atoms with Crippen LogP contribution < -0.4 is 5.32 Å². The van der Waals surface area contributed by atoms with E-state index in [0.29, 0.717) is 0 Å². The van der Waals surface area contributed by atoms with Crippen LogP contribution in [0.2, 0.25) is 0 Å². The molecule has 2 atom stereocenters. The molecular weight excluding hydrogens is 256 g/mol. The van der Waals surface area contributed by atoms with Crippen LogP contribution in [0.1, 0.15) is 31.9 Å². The van der Waals surface area contributed by atoms with E-state index in [1.807, 2.05) is 26.0 Å². The second kappa shape index (κ2) is 5.85. The molecule has 0 spiro atoms. The number of halogens is 1. The molecule has 1 heterocycles. The summed E-state index contributed by atoms with van der Waals surface area (Å²) >= 11 is 3.32. The van der Waals surface area contributed by atoms with Crippen molar-refractivity contribution in [2.75, 3.05) is 0 Å². The van der Waals surface area contributed by atoms with Crippen molar-refractivity contribution in [2.45, 2.75) is 31.1 Å². The molecule has 4 heteroatoms. The number of rotatable bonds is 4. The van der Waals surface area contributed by atoms with Gasteiger partial charge in [0, 0.05) is 12.4 Å². The molecule has 82 valence electrons. The largest absolute Gasteiger partial charge is 0.349 e. The van der Waals surface area contributed by atoms with Crippen LogP contribution in [0, 0.1) is 0 Å². The van der Waals surface area contributed by atoms with Crippen molar-refractivity contribution < 1.29 is 4.79 Å². The number of carbonyl (C=O) groups excluding carboxylic acids is 1. The molecule has 1 aromatic rings. The molecule has 0 saturated heterocycles. The molecule has 1 aromatic heterocycles. The van der Waals surface area contributed by atoms with Gasteiger partial charge in [-0.3, -0.25) is 9.78 Å². The molecule has 15 heavy (non-hydrogen) atoms. The Balaban J connectivity index is 2.56. The third-order valence-electron chi connectivity index (χ3n) is 2.19. The SMILES string of the molecule is CCC(Br)C(=O)N[C@@H](C)c1cccnc1. The third kappa shape index (κ3) is 3.63. The van der Waals surface area contributed by atoms with Crippen LogP contribution in [0.15, 0.2) is 24.5 Å². The number of nitrogens with one attached hydrogen (secondary N) is 1. The van der Waals surface area contributed by atoms with E-state index in [0.717, 1.165) is 12.0 Å². The number of carbonyl (C=O) groups is 1. The molecular formula is C11H15BrN2O. The molecule has 1 unspecified atom stereocenters. The van der Waals surface area contributed by atoms with Crippen molar-refractivity contribution in [3.8, 4) is 0 Å². The lowest BCUT2D eigenvalue weighted by Crippen LogP contribution is -2.32. The first-order chi connectivity index (χ1) is 7.15. The lowest BCUT2D eigenvalue weighted by molar-refractivity contribution is -0.121. The summed E-state index contributed by atoms with van der Waals surface area (Å²) in [6, 6.07) is 3.81. The second-order valence-electron chi connectivity index (χ2n) is 3.39. The van der Waals surface area contributed by atoms with Crippen LogP contribution in [-0.2, 0) is 4.79 Å². The summed E-state index contributed by atoms with van der Waals surface area (Å²) in [6.45, 7) is 3.91. The van der Waals surface area contributed by atoms with Crippen LogP contribution in [-0.4, -0.2) is 15.7 Å². The second-order valence-corrected chi connectivity index (χ2v) is 4.50. The number of alkyl halides is 1. The predicted molar refractivity (Wildman–Crippen MR) is 63.8 cm³/mol. The van der Waals surface area contributed by atoms with Gasteiger partial charge in [0.25, 0.3) is 0 Å². The topological polar surface area (TPSA) is 42.0 Å². The maximum Gasteiger partial charge on any atom is 0.234 e. The van der Waals surface area contributed by atoms with Gasteiger partial charge in [0.05, 0.1) is 10.9 Å². The van der Waals surface area contributed by atoms with Crippen molar-refractivity contribution in [2.24, 2.45) is 0 Å². The summed E-state index contributed by atoms with van der Waals surface area (Å²) in [5.74, 6) is 0.0221. The van der Waals surface area contributed by atoms with Crippen molar-refractivity contribution in [3.05, 3.63) is 30.1 Å². The van der Waals surface area contributed by atoms with E-state index >= 15 is 0 Å². The van der Waals surface area contributed by atoms with Crippen LogP contribution in [0.3, 0.4) is 0 Å². The Kier molecular flexibility index (Phi) is 4.75. The number of amides is 1. The van der Waals surface area contributed by atoms with E-state index < -0.39 is 0 Å². The van der Waals surface area contributed by atoms with Crippen molar-refractivity contribution in [1.82, 2.24) is 10.3 Å². The van der Waals surface area contributed by atoms with E-state index in [2.05, 4.69) is 26.2 Å². The molecule has 3 nitrogen and oxygen atoms in total. The third-order valence-corrected chi connectivity index (χ3v) is 3.25. The fourth-order valence-electron chi connectivity index (χ4n) is 1.20. The summed E-state index contributed by atoms with van der Waals surface area (Å²) in [6.07, 6.45) is 4.27. The summed E-state index contributed by atoms with van der Waals surface area (Å²) in [5, 5.41) is 2.92. The summed E-state index contributed by atoms with van der Waals surface area (Å²) in [5.41, 5.74) is 1.02. The van der Waals surface area contributed by atoms with Gasteiger partial charge < -0.3 is 5.32 Å². The molecule has 0 saturated carbocycles. The van der Waals surface area contributed by atoms with Gasteiger partial charge in [-0.15, -0.1) is 0 Å². The van der Waals surface area contributed by atoms with Gasteiger partial charge in [0.15, 0.2) is 0 Å². The van der Waals surface area contributed by atoms with Gasteiger partial charge in [-0.25, -0.2) is 0 Å². The quantitative estimate of drug-likeness (QED) is 0.854. The smallest absolute Gasteiger partial charge is 0.234 e. The minimum Gasteiger partial charge on any atom is -0.349 e. The highest BCUT2D eigenvalue weighted by Gasteiger charge is 2.15. The van der Waals surface area contributed by atoms with E-state index in [-0.39, 0.29) is 16.8 Å². The molecule has 1 amide bonds. The summed E-state index contributed by atoms with van der Waals surface area (Å²) < 4.78 is 0. The summed E-state index contributed by atoms with van der Waals surface area (Å²) in [4.78, 5) is 15.5. The number of hydrogen-bond acceptors (Lipinski definition) is 2. The fourth-order valence-corrected chi connectivity index (χ4v) is 1.34. The number of pyridine rings is 1. The zero-order chi connectivity index (χ0) is 11.3. The Bertz CT molecular complexity index is 316. The van der Waals surface area contributed by atoms with E-state index in [1.54, 1.807) is 12.4 Å². The van der Waals surface area contributed by atoms with Gasteiger partial charge in [-0.2, -0.15) is 0 Å². The van der Waals surface area contributed by atoms with Gasteiger partial charge >= 0.3 is 0 Å². The van der Waals surface area contributed by atoms with Crippen molar-refractivity contribution >= 4 is 21.8 Å². The normalized spacial score (nSPS) is 14.3. The Labute approximate surface area is 98.4 Å². The molecule has 1 rings (SSSR count). The van der Waals surface area contributed by atoms with Crippen LogP contribution in [0.4, 0.5) is 0 Å². The van der Waals surface area contributed by atoms with Gasteiger partial charge in [0.1, 0.15) is 0 Å². The number of hydrogen-bond donors (Lipinski definition) is 1. The lowest BCUT2D eigenvalue weighted by Gasteiger charge is -2.15. The maximum absolute atomic E-state index is 11.6. The minimum atomic E-state index is -0.114. The number of nitrogens with zero attached hydrogens (tertiary/aromatic N) is 1. The minimum absolute atomic E-state index is 0.00204. The van der Waals surface area contributed by atoms with E-state index in [1.165, 1.54) is 0 Å². The van der Waals surface area contributed by atoms with Crippen LogP contribution in [0.25, 0.3) is 0 Å². The maximum atomic E-state index is 11.6. The first-order valence-corrected chi connectivity index (χ1v) is 5.91. The molecule has 0 aliphatic carbocycles. The van der Waals surface area contributed by atoms with Crippen molar-refractivity contribution in [3.63, 3.8) is 0 Å². The molecule has 1 N–H and O–H groups in total. The van der Waals surface area contributed by atoms with E-state index in [4.69, 9.17) is 0 Å². The van der Waals surface area contributed by atoms with E-state index in [9.17, 15) is 4.79 Å². The standard InChI is InChI=1S/C11H15BrN2O/c1-3-10(12)11(15)14-8(2)9-5-4-6-13-7-9/h4-8,10H,3H2,1-2H3,(H,14,15)/t8-,10?/m0/s1. The van der Waals surface area contributed by atoms with Gasteiger partial charge in [-0.1, -0.05) is 28.9 Å². The Hall–Kier alpha value is -0.900. The Morgan fingerprint density at radius 3 is 2.93 bits per heavy atom. The Morgan fingerprint density at radius 2 is 2.40 bits per heavy atom. The zero-order valence-electron chi connectivity index (χ0n) is 8.90. The predicted octanol–water partition coefficient (Wildman–Crippen LogP) is 2.43. The highest BCUT2D eigenvalue weighted by atomic mass is 79.9. The molecule has 0 bridgehead atoms. The average Bonchev–Trinajstić information content (AvgIpc) is 2.29. The molecule has 0 aromatic carbocycles. The van der Waals surface area contributed by atoms with Crippen molar-refractivity contribution in [1.29, 1.82) is 0 Å². The lowest BCUT2D eigenvalue weighted by atomic mass is 10.1. The fraction of sp³-hybridized carbons (Fsp3) is 0.455. The van der Waals surface area contributed by atoms with Gasteiger partial charge in [0.2, 0.25) is 5.91 Å².